The SMILES string of the molecule is COc1ccc2ncc(F)c([C@H](O)CCC3(C(=O)NO)CCN(CCOc4cc(F)c(F)c(F)c4)CC3)c2c1. The predicted octanol–water partition coefficient (Wildman–Crippen LogP) is 4.28. The lowest BCUT2D eigenvalue weighted by Gasteiger charge is -2.40. The molecule has 1 amide bonds. The van der Waals surface area contributed by atoms with Crippen LogP contribution >= 0.6 is 0 Å². The van der Waals surface area contributed by atoms with Gasteiger partial charge in [0.15, 0.2) is 17.5 Å². The molecule has 2 heterocycles. The first-order valence-electron chi connectivity index (χ1n) is 12.4. The molecule has 0 saturated carbocycles. The van der Waals surface area contributed by atoms with Gasteiger partial charge in [-0.15, -0.1) is 0 Å². The van der Waals surface area contributed by atoms with Gasteiger partial charge in [0, 0.05) is 29.6 Å². The van der Waals surface area contributed by atoms with Gasteiger partial charge in [0.2, 0.25) is 5.91 Å². The number of benzene rings is 2. The van der Waals surface area contributed by atoms with Crippen molar-refractivity contribution in [2.75, 3.05) is 33.4 Å². The molecule has 1 fully saturated rings. The molecule has 4 rings (SSSR count). The number of nitrogens with zero attached hydrogens (tertiary/aromatic N) is 2. The topological polar surface area (TPSA) is 104 Å². The van der Waals surface area contributed by atoms with E-state index < -0.39 is 40.7 Å². The number of carbonyl (C=O) groups is 1. The minimum absolute atomic E-state index is 0.0471. The molecule has 1 atom stereocenters. The molecule has 0 aliphatic carbocycles. The van der Waals surface area contributed by atoms with Crippen LogP contribution in [0.1, 0.15) is 37.4 Å². The second kappa shape index (κ2) is 12.1. The number of aromatic nitrogens is 1. The Morgan fingerprint density at radius 1 is 1.10 bits per heavy atom. The molecule has 1 aliphatic rings. The zero-order chi connectivity index (χ0) is 28.2. The first-order valence-corrected chi connectivity index (χ1v) is 12.4. The average Bonchev–Trinajstić information content (AvgIpc) is 2.94. The number of carbonyl (C=O) groups excluding carboxylic acids is 1. The van der Waals surface area contributed by atoms with Gasteiger partial charge in [-0.2, -0.15) is 0 Å². The summed E-state index contributed by atoms with van der Waals surface area (Å²) in [5.41, 5.74) is 1.26. The molecule has 3 N–H and O–H groups in total. The molecule has 12 heteroatoms. The summed E-state index contributed by atoms with van der Waals surface area (Å²) in [6.45, 7) is 1.31. The van der Waals surface area contributed by atoms with E-state index in [4.69, 9.17) is 9.47 Å². The molecular formula is C27H29F4N3O5. The minimum Gasteiger partial charge on any atom is -0.497 e. The van der Waals surface area contributed by atoms with E-state index in [0.717, 1.165) is 18.3 Å². The van der Waals surface area contributed by atoms with Crippen LogP contribution in [0.2, 0.25) is 0 Å². The normalized spacial score (nSPS) is 16.2. The van der Waals surface area contributed by atoms with E-state index in [2.05, 4.69) is 4.98 Å². The third-order valence-corrected chi connectivity index (χ3v) is 7.33. The molecule has 2 aromatic carbocycles. The standard InChI is InChI=1S/C27H29F4N3O5/c1-38-16-2-3-22-18(12-16)24(21(30)15-32-22)23(35)4-5-27(26(36)33-37)6-8-34(9-7-27)10-11-39-17-13-19(28)25(31)20(29)14-17/h2-3,12-15,23,35,37H,4-11H2,1H3,(H,33,36)/t23-/m1/s1. The number of hydrogen-bond acceptors (Lipinski definition) is 7. The summed E-state index contributed by atoms with van der Waals surface area (Å²) in [6, 6.07) is 6.46. The molecule has 0 bridgehead atoms. The summed E-state index contributed by atoms with van der Waals surface area (Å²) < 4.78 is 65.2. The Morgan fingerprint density at radius 2 is 1.79 bits per heavy atom. The van der Waals surface area contributed by atoms with Crippen LogP contribution in [0.15, 0.2) is 36.5 Å². The number of rotatable bonds is 10. The molecule has 1 aromatic heterocycles. The number of nitrogens with one attached hydrogen (secondary N) is 1. The number of halogens is 4. The van der Waals surface area contributed by atoms with Crippen molar-refractivity contribution >= 4 is 16.8 Å². The van der Waals surface area contributed by atoms with E-state index in [1.807, 2.05) is 4.90 Å². The number of hydrogen-bond donors (Lipinski definition) is 3. The first kappa shape index (κ1) is 28.5. The van der Waals surface area contributed by atoms with Gasteiger partial charge in [-0.05, 0) is 57.0 Å². The van der Waals surface area contributed by atoms with E-state index in [9.17, 15) is 32.7 Å². The minimum atomic E-state index is -1.57. The van der Waals surface area contributed by atoms with Crippen molar-refractivity contribution in [3.8, 4) is 11.5 Å². The van der Waals surface area contributed by atoms with Crippen LogP contribution in [-0.2, 0) is 4.79 Å². The Labute approximate surface area is 222 Å². The highest BCUT2D eigenvalue weighted by Crippen LogP contribution is 2.40. The van der Waals surface area contributed by atoms with Crippen LogP contribution in [0.3, 0.4) is 0 Å². The number of hydroxylamine groups is 1. The quantitative estimate of drug-likeness (QED) is 0.150. The number of ether oxygens (including phenoxy) is 2. The van der Waals surface area contributed by atoms with Crippen molar-refractivity contribution < 1.29 is 42.1 Å². The Morgan fingerprint density at radius 3 is 2.44 bits per heavy atom. The van der Waals surface area contributed by atoms with Gasteiger partial charge in [-0.3, -0.25) is 19.9 Å². The fraction of sp³-hybridized carbons (Fsp3) is 0.407. The Hall–Kier alpha value is -3.48. The summed E-state index contributed by atoms with van der Waals surface area (Å²) in [5, 5.41) is 20.8. The number of fused-ring (bicyclic) bond motifs is 1. The maximum atomic E-state index is 14.8. The summed E-state index contributed by atoms with van der Waals surface area (Å²) >= 11 is 0. The lowest BCUT2D eigenvalue weighted by atomic mass is 9.73. The predicted molar refractivity (Wildman–Crippen MR) is 132 cm³/mol. The number of amides is 1. The Kier molecular flexibility index (Phi) is 8.88. The van der Waals surface area contributed by atoms with E-state index >= 15 is 0 Å². The van der Waals surface area contributed by atoms with Crippen LogP contribution in [0.25, 0.3) is 10.9 Å². The highest BCUT2D eigenvalue weighted by atomic mass is 19.2. The van der Waals surface area contributed by atoms with E-state index in [0.29, 0.717) is 49.1 Å². The fourth-order valence-corrected chi connectivity index (χ4v) is 5.01. The second-order valence-corrected chi connectivity index (χ2v) is 9.57. The third kappa shape index (κ3) is 6.23. The Balaban J connectivity index is 1.39. The molecule has 1 saturated heterocycles. The molecule has 210 valence electrons. The van der Waals surface area contributed by atoms with Crippen molar-refractivity contribution in [3.63, 3.8) is 0 Å². The van der Waals surface area contributed by atoms with E-state index in [1.165, 1.54) is 7.11 Å². The number of piperidine rings is 1. The summed E-state index contributed by atoms with van der Waals surface area (Å²) in [6.07, 6.45) is 0.684. The maximum absolute atomic E-state index is 14.8. The number of likely N-dealkylation sites (tertiary alicyclic amines) is 1. The van der Waals surface area contributed by atoms with E-state index in [-0.39, 0.29) is 30.8 Å². The van der Waals surface area contributed by atoms with Crippen LogP contribution < -0.4 is 15.0 Å². The summed E-state index contributed by atoms with van der Waals surface area (Å²) in [7, 11) is 1.47. The zero-order valence-corrected chi connectivity index (χ0v) is 21.2. The van der Waals surface area contributed by atoms with Gasteiger partial charge in [-0.1, -0.05) is 0 Å². The largest absolute Gasteiger partial charge is 0.497 e. The van der Waals surface area contributed by atoms with Gasteiger partial charge in [0.05, 0.1) is 30.3 Å². The third-order valence-electron chi connectivity index (χ3n) is 7.33. The van der Waals surface area contributed by atoms with Gasteiger partial charge in [-0.25, -0.2) is 23.0 Å². The Bertz CT molecular complexity index is 1310. The van der Waals surface area contributed by atoms with Crippen molar-refractivity contribution in [3.05, 3.63) is 65.4 Å². The van der Waals surface area contributed by atoms with Crippen LogP contribution in [0.4, 0.5) is 17.6 Å². The molecule has 0 unspecified atom stereocenters. The molecule has 3 aromatic rings. The second-order valence-electron chi connectivity index (χ2n) is 9.57. The number of aliphatic hydroxyl groups excluding tert-OH is 1. The fourth-order valence-electron chi connectivity index (χ4n) is 5.01. The lowest BCUT2D eigenvalue weighted by molar-refractivity contribution is -0.144. The molecule has 1 aliphatic heterocycles. The van der Waals surface area contributed by atoms with Gasteiger partial charge in [0.25, 0.3) is 0 Å². The number of methoxy groups -OCH3 is 1. The van der Waals surface area contributed by atoms with Crippen molar-refractivity contribution in [1.29, 1.82) is 0 Å². The molecular weight excluding hydrogens is 522 g/mol. The van der Waals surface area contributed by atoms with Gasteiger partial charge in [0.1, 0.15) is 23.9 Å². The zero-order valence-electron chi connectivity index (χ0n) is 21.2. The van der Waals surface area contributed by atoms with Crippen LogP contribution in [-0.4, -0.2) is 59.5 Å². The summed E-state index contributed by atoms with van der Waals surface area (Å²) in [5.74, 6) is -5.19. The van der Waals surface area contributed by atoms with E-state index in [1.54, 1.807) is 23.7 Å². The number of aliphatic hydroxyl groups is 1. The van der Waals surface area contributed by atoms with Gasteiger partial charge >= 0.3 is 0 Å². The average molecular weight is 552 g/mol. The molecule has 0 spiro atoms. The van der Waals surface area contributed by atoms with Crippen molar-refractivity contribution in [1.82, 2.24) is 15.4 Å². The summed E-state index contributed by atoms with van der Waals surface area (Å²) in [4.78, 5) is 18.7. The molecule has 8 nitrogen and oxygen atoms in total. The number of pyridine rings is 1. The first-order chi connectivity index (χ1) is 18.7. The highest BCUT2D eigenvalue weighted by Gasteiger charge is 2.41. The highest BCUT2D eigenvalue weighted by molar-refractivity contribution is 5.84. The smallest absolute Gasteiger partial charge is 0.249 e. The van der Waals surface area contributed by atoms with Crippen LogP contribution in [0, 0.1) is 28.7 Å². The maximum Gasteiger partial charge on any atom is 0.249 e. The van der Waals surface area contributed by atoms with Crippen molar-refractivity contribution in [2.24, 2.45) is 5.41 Å². The molecule has 39 heavy (non-hydrogen) atoms. The lowest BCUT2D eigenvalue weighted by Crippen LogP contribution is -2.49. The van der Waals surface area contributed by atoms with Crippen LogP contribution in [0.5, 0.6) is 11.5 Å². The molecule has 0 radical (unpaired) electrons. The monoisotopic (exact) mass is 551 g/mol. The van der Waals surface area contributed by atoms with Gasteiger partial charge < -0.3 is 14.6 Å². The van der Waals surface area contributed by atoms with Crippen molar-refractivity contribution in [2.45, 2.75) is 31.8 Å².